The number of carbonyl (C=O) groups excluding carboxylic acids is 1. The number of aryl methyl sites for hydroxylation is 1. The first kappa shape index (κ1) is 31.1. The minimum Gasteiger partial charge on any atom is -0.475 e. The SMILES string of the molecule is Cn1cnc2c(N(NC(=O)c3ccc(CN4CC(N5CCCC5)C4)cc3)C3CCCC3)nc(C#N)nc21.O=C(O)C(F)(F)F. The normalized spacial score (nSPS) is 18.0. The Morgan fingerprint density at radius 1 is 1.09 bits per heavy atom. The molecule has 1 amide bonds. The molecule has 4 heterocycles. The highest BCUT2D eigenvalue weighted by Crippen LogP contribution is 2.30. The van der Waals surface area contributed by atoms with E-state index in [-0.39, 0.29) is 17.8 Å². The van der Waals surface area contributed by atoms with Gasteiger partial charge in [-0.25, -0.2) is 9.78 Å². The molecule has 0 spiro atoms. The van der Waals surface area contributed by atoms with Crippen LogP contribution in [0.1, 0.15) is 60.3 Å². The maximum Gasteiger partial charge on any atom is 0.490 e. The lowest BCUT2D eigenvalue weighted by Gasteiger charge is -2.44. The minimum atomic E-state index is -5.08. The lowest BCUT2D eigenvalue weighted by Crippen LogP contribution is -2.58. The van der Waals surface area contributed by atoms with Gasteiger partial charge in [-0.3, -0.25) is 25.0 Å². The van der Waals surface area contributed by atoms with E-state index in [1.807, 2.05) is 42.4 Å². The van der Waals surface area contributed by atoms with E-state index in [4.69, 9.17) is 9.90 Å². The van der Waals surface area contributed by atoms with Gasteiger partial charge >= 0.3 is 12.1 Å². The second kappa shape index (κ2) is 13.1. The van der Waals surface area contributed by atoms with E-state index >= 15 is 0 Å². The van der Waals surface area contributed by atoms with Crippen molar-refractivity contribution in [3.8, 4) is 6.07 Å². The predicted molar refractivity (Wildman–Crippen MR) is 153 cm³/mol. The van der Waals surface area contributed by atoms with Crippen molar-refractivity contribution in [2.24, 2.45) is 7.05 Å². The summed E-state index contributed by atoms with van der Waals surface area (Å²) in [6.45, 7) is 5.67. The third kappa shape index (κ3) is 7.08. The number of hydrazine groups is 1. The third-order valence-electron chi connectivity index (χ3n) is 8.24. The first-order valence-electron chi connectivity index (χ1n) is 14.6. The Morgan fingerprint density at radius 3 is 2.32 bits per heavy atom. The molecule has 3 fully saturated rings. The number of nitrogens with zero attached hydrogens (tertiary/aromatic N) is 8. The van der Waals surface area contributed by atoms with E-state index in [1.54, 1.807) is 10.9 Å². The number of carboxylic acids is 1. The van der Waals surface area contributed by atoms with E-state index in [0.29, 0.717) is 28.6 Å². The fraction of sp³-hybridized carbons (Fsp3) is 0.517. The van der Waals surface area contributed by atoms with Crippen LogP contribution in [0.5, 0.6) is 0 Å². The van der Waals surface area contributed by atoms with Crippen molar-refractivity contribution < 1.29 is 27.9 Å². The number of fused-ring (bicyclic) bond motifs is 1. The standard InChI is InChI=1S/C27H33N9O.C2HF3O2/c1-33-18-29-24-25(33)30-23(14-28)31-26(24)36(21-6-2-3-7-21)32-27(37)20-10-8-19(9-11-20)15-34-16-22(17-34)35-12-4-5-13-35;3-2(4,5)1(6)7/h8-11,18,21-22H,2-7,12-13,15-17H2,1H3,(H,32,37);(H,6,7). The molecule has 0 bridgehead atoms. The third-order valence-corrected chi connectivity index (χ3v) is 8.24. The Balaban J connectivity index is 0.000000493. The van der Waals surface area contributed by atoms with Crippen LogP contribution in [-0.2, 0) is 18.4 Å². The number of alkyl halides is 3. The number of aromatic nitrogens is 4. The molecule has 0 radical (unpaired) electrons. The van der Waals surface area contributed by atoms with Crippen molar-refractivity contribution >= 4 is 28.9 Å². The largest absolute Gasteiger partial charge is 0.490 e. The van der Waals surface area contributed by atoms with Gasteiger partial charge in [-0.1, -0.05) is 25.0 Å². The van der Waals surface area contributed by atoms with Gasteiger partial charge in [-0.05, 0) is 56.5 Å². The highest BCUT2D eigenvalue weighted by Gasteiger charge is 2.38. The monoisotopic (exact) mass is 613 g/mol. The summed E-state index contributed by atoms with van der Waals surface area (Å²) in [5.74, 6) is -2.42. The molecule has 0 unspecified atom stereocenters. The molecule has 0 atom stereocenters. The number of carboxylic acid groups (broad SMARTS) is 1. The summed E-state index contributed by atoms with van der Waals surface area (Å²) in [6.07, 6.45) is 3.29. The van der Waals surface area contributed by atoms with E-state index in [9.17, 15) is 23.2 Å². The molecule has 44 heavy (non-hydrogen) atoms. The average molecular weight is 614 g/mol. The quantitative estimate of drug-likeness (QED) is 0.381. The molecule has 1 aliphatic carbocycles. The van der Waals surface area contributed by atoms with E-state index in [1.165, 1.54) is 31.5 Å². The summed E-state index contributed by atoms with van der Waals surface area (Å²) in [6, 6.07) is 10.7. The van der Waals surface area contributed by atoms with Crippen molar-refractivity contribution in [1.29, 1.82) is 5.26 Å². The number of nitriles is 1. The number of nitrogens with one attached hydrogen (secondary N) is 1. The van der Waals surface area contributed by atoms with Crippen LogP contribution < -0.4 is 10.4 Å². The van der Waals surface area contributed by atoms with Crippen molar-refractivity contribution in [1.82, 2.24) is 34.7 Å². The molecular weight excluding hydrogens is 579 g/mol. The smallest absolute Gasteiger partial charge is 0.475 e. The van der Waals surface area contributed by atoms with E-state index in [0.717, 1.165) is 45.3 Å². The topological polar surface area (TPSA) is 144 Å². The van der Waals surface area contributed by atoms with Crippen LogP contribution in [0.25, 0.3) is 11.2 Å². The summed E-state index contributed by atoms with van der Waals surface area (Å²) < 4.78 is 33.5. The molecule has 3 aromatic rings. The minimum absolute atomic E-state index is 0.0608. The number of benzene rings is 1. The maximum atomic E-state index is 13.4. The van der Waals surface area contributed by atoms with Crippen LogP contribution in [0, 0.1) is 11.3 Å². The van der Waals surface area contributed by atoms with E-state index in [2.05, 4.69) is 30.2 Å². The van der Waals surface area contributed by atoms with Crippen molar-refractivity contribution in [2.45, 2.75) is 63.3 Å². The van der Waals surface area contributed by atoms with Gasteiger partial charge in [-0.2, -0.15) is 28.4 Å². The molecule has 6 rings (SSSR count). The number of likely N-dealkylation sites (tertiary alicyclic amines) is 2. The zero-order valence-electron chi connectivity index (χ0n) is 24.3. The number of carbonyl (C=O) groups is 2. The Labute approximate surface area is 252 Å². The Kier molecular flexibility index (Phi) is 9.31. The van der Waals surface area contributed by atoms with Gasteiger partial charge < -0.3 is 9.67 Å². The summed E-state index contributed by atoms with van der Waals surface area (Å²) >= 11 is 0. The Bertz CT molecular complexity index is 1520. The number of halogens is 3. The molecule has 2 aliphatic heterocycles. The Hall–Kier alpha value is -4.29. The number of rotatable bonds is 7. The van der Waals surface area contributed by atoms with Gasteiger partial charge in [0.15, 0.2) is 17.0 Å². The maximum absolute atomic E-state index is 13.4. The van der Waals surface area contributed by atoms with Gasteiger partial charge in [0.2, 0.25) is 5.82 Å². The second-order valence-electron chi connectivity index (χ2n) is 11.4. The van der Waals surface area contributed by atoms with Crippen molar-refractivity contribution in [3.63, 3.8) is 0 Å². The van der Waals surface area contributed by atoms with E-state index < -0.39 is 12.1 Å². The molecule has 12 nitrogen and oxygen atoms in total. The summed E-state index contributed by atoms with van der Waals surface area (Å²) in [5, 5.41) is 18.5. The fourth-order valence-corrected chi connectivity index (χ4v) is 5.89. The lowest BCUT2D eigenvalue weighted by molar-refractivity contribution is -0.192. The average Bonchev–Trinajstić information content (AvgIpc) is 3.77. The molecule has 2 saturated heterocycles. The molecule has 3 aliphatic rings. The second-order valence-corrected chi connectivity index (χ2v) is 11.4. The van der Waals surface area contributed by atoms with Gasteiger partial charge in [0.05, 0.1) is 12.4 Å². The van der Waals surface area contributed by atoms with Crippen LogP contribution in [0.3, 0.4) is 0 Å². The van der Waals surface area contributed by atoms with Crippen LogP contribution in [0.15, 0.2) is 30.6 Å². The zero-order valence-corrected chi connectivity index (χ0v) is 24.3. The van der Waals surface area contributed by atoms with Gasteiger partial charge in [-0.15, -0.1) is 0 Å². The number of amides is 1. The van der Waals surface area contributed by atoms with Crippen molar-refractivity contribution in [3.05, 3.63) is 47.5 Å². The Morgan fingerprint density at radius 2 is 1.73 bits per heavy atom. The summed E-state index contributed by atoms with van der Waals surface area (Å²) in [4.78, 5) is 40.6. The summed E-state index contributed by atoms with van der Waals surface area (Å²) in [7, 11) is 1.83. The van der Waals surface area contributed by atoms with Gasteiger partial charge in [0.25, 0.3) is 5.91 Å². The number of hydrogen-bond acceptors (Lipinski definition) is 9. The number of aliphatic carboxylic acids is 1. The molecule has 1 saturated carbocycles. The number of imidazole rings is 1. The highest BCUT2D eigenvalue weighted by atomic mass is 19.4. The first-order valence-corrected chi connectivity index (χ1v) is 14.6. The van der Waals surface area contributed by atoms with Crippen molar-refractivity contribution in [2.75, 3.05) is 31.2 Å². The van der Waals surface area contributed by atoms with Gasteiger partial charge in [0, 0.05) is 38.3 Å². The number of anilines is 1. The lowest BCUT2D eigenvalue weighted by atomic mass is 10.0. The van der Waals surface area contributed by atoms with Crippen LogP contribution >= 0.6 is 0 Å². The summed E-state index contributed by atoms with van der Waals surface area (Å²) in [5.41, 5.74) is 6.05. The molecular formula is C29H34F3N9O3. The predicted octanol–water partition coefficient (Wildman–Crippen LogP) is 3.24. The molecule has 234 valence electrons. The molecule has 15 heteroatoms. The first-order chi connectivity index (χ1) is 21.0. The fourth-order valence-electron chi connectivity index (χ4n) is 5.89. The molecule has 2 aromatic heterocycles. The zero-order chi connectivity index (χ0) is 31.4. The molecule has 1 aromatic carbocycles. The van der Waals surface area contributed by atoms with Crippen LogP contribution in [-0.4, -0.2) is 90.7 Å². The number of hydrogen-bond donors (Lipinski definition) is 2. The van der Waals surface area contributed by atoms with Crippen LogP contribution in [0.2, 0.25) is 0 Å². The van der Waals surface area contributed by atoms with Gasteiger partial charge in [0.1, 0.15) is 6.07 Å². The highest BCUT2D eigenvalue weighted by molar-refractivity contribution is 5.96. The molecule has 2 N–H and O–H groups in total. The van der Waals surface area contributed by atoms with Crippen LogP contribution in [0.4, 0.5) is 19.0 Å².